The second-order valence-electron chi connectivity index (χ2n) is 3.20. The molecule has 0 bridgehead atoms. The van der Waals surface area contributed by atoms with Crippen LogP contribution in [0.3, 0.4) is 0 Å². The molecule has 0 amide bonds. The van der Waals surface area contributed by atoms with Crippen LogP contribution in [0, 0.1) is 12.8 Å². The number of nitrogens with zero attached hydrogens (tertiary/aromatic N) is 1. The van der Waals surface area contributed by atoms with Crippen molar-refractivity contribution < 1.29 is 0 Å². The predicted molar refractivity (Wildman–Crippen MR) is 51.7 cm³/mol. The maximum atomic E-state index is 4.33. The quantitative estimate of drug-likeness (QED) is 0.736. The van der Waals surface area contributed by atoms with E-state index in [9.17, 15) is 0 Å². The van der Waals surface area contributed by atoms with Gasteiger partial charge in [-0.25, -0.2) is 4.98 Å². The molecule has 0 atom stereocenters. The standard InChI is InChI=1S/C8H13N3S/c1-6-5-12-8(11-6)10-4-7-2-9-3-7/h5,7,9H,2-4H2,1H3,(H,10,11). The number of anilines is 1. The van der Waals surface area contributed by atoms with Crippen molar-refractivity contribution in [3.8, 4) is 0 Å². The van der Waals surface area contributed by atoms with Gasteiger partial charge in [0.2, 0.25) is 0 Å². The van der Waals surface area contributed by atoms with Gasteiger partial charge in [-0.15, -0.1) is 11.3 Å². The molecule has 2 N–H and O–H groups in total. The third kappa shape index (κ3) is 1.76. The molecule has 0 saturated carbocycles. The molecule has 1 aromatic rings. The Hall–Kier alpha value is -0.610. The van der Waals surface area contributed by atoms with Crippen molar-refractivity contribution in [3.05, 3.63) is 11.1 Å². The average Bonchev–Trinajstić information content (AvgIpc) is 2.32. The lowest BCUT2D eigenvalue weighted by atomic mass is 10.0. The highest BCUT2D eigenvalue weighted by molar-refractivity contribution is 7.13. The Bertz CT molecular complexity index is 255. The summed E-state index contributed by atoms with van der Waals surface area (Å²) in [5, 5.41) is 9.71. The maximum absolute atomic E-state index is 4.33. The molecule has 2 rings (SSSR count). The van der Waals surface area contributed by atoms with Crippen LogP contribution in [-0.4, -0.2) is 24.6 Å². The summed E-state index contributed by atoms with van der Waals surface area (Å²) >= 11 is 1.68. The topological polar surface area (TPSA) is 37.0 Å². The van der Waals surface area contributed by atoms with Gasteiger partial charge < -0.3 is 10.6 Å². The Kier molecular flexibility index (Phi) is 2.28. The Balaban J connectivity index is 1.79. The van der Waals surface area contributed by atoms with Crippen LogP contribution < -0.4 is 10.6 Å². The van der Waals surface area contributed by atoms with Gasteiger partial charge in [-0.1, -0.05) is 0 Å². The summed E-state index contributed by atoms with van der Waals surface area (Å²) in [6.45, 7) is 5.38. The summed E-state index contributed by atoms with van der Waals surface area (Å²) in [6.07, 6.45) is 0. The van der Waals surface area contributed by atoms with Gasteiger partial charge in [0.25, 0.3) is 0 Å². The van der Waals surface area contributed by atoms with Crippen molar-refractivity contribution in [2.24, 2.45) is 5.92 Å². The van der Waals surface area contributed by atoms with Crippen molar-refractivity contribution in [1.82, 2.24) is 10.3 Å². The van der Waals surface area contributed by atoms with Crippen LogP contribution in [0.1, 0.15) is 5.69 Å². The van der Waals surface area contributed by atoms with E-state index in [-0.39, 0.29) is 0 Å². The molecule has 4 heteroatoms. The third-order valence-corrected chi connectivity index (χ3v) is 2.94. The van der Waals surface area contributed by atoms with Crippen LogP contribution in [-0.2, 0) is 0 Å². The van der Waals surface area contributed by atoms with Crippen LogP contribution in [0.15, 0.2) is 5.38 Å². The summed E-state index contributed by atoms with van der Waals surface area (Å²) in [5.74, 6) is 0.800. The first-order chi connectivity index (χ1) is 5.84. The molecule has 0 aromatic carbocycles. The molecule has 1 saturated heterocycles. The van der Waals surface area contributed by atoms with Crippen molar-refractivity contribution in [2.45, 2.75) is 6.92 Å². The summed E-state index contributed by atoms with van der Waals surface area (Å²) < 4.78 is 0. The number of hydrogen-bond acceptors (Lipinski definition) is 4. The second kappa shape index (κ2) is 3.41. The van der Waals surface area contributed by atoms with Gasteiger partial charge in [0.1, 0.15) is 0 Å². The van der Waals surface area contributed by atoms with E-state index < -0.39 is 0 Å². The van der Waals surface area contributed by atoms with Crippen LogP contribution >= 0.6 is 11.3 Å². The Morgan fingerprint density at radius 2 is 2.58 bits per heavy atom. The zero-order chi connectivity index (χ0) is 8.39. The van der Waals surface area contributed by atoms with Gasteiger partial charge in [-0.3, -0.25) is 0 Å². The molecule has 0 radical (unpaired) electrons. The molecule has 1 aliphatic heterocycles. The molecule has 12 heavy (non-hydrogen) atoms. The van der Waals surface area contributed by atoms with Crippen molar-refractivity contribution >= 4 is 16.5 Å². The molecule has 1 aromatic heterocycles. The fourth-order valence-electron chi connectivity index (χ4n) is 1.16. The van der Waals surface area contributed by atoms with Crippen LogP contribution in [0.5, 0.6) is 0 Å². The maximum Gasteiger partial charge on any atom is 0.182 e. The van der Waals surface area contributed by atoms with Crippen molar-refractivity contribution in [2.75, 3.05) is 25.0 Å². The first-order valence-corrected chi connectivity index (χ1v) is 5.09. The van der Waals surface area contributed by atoms with Gasteiger partial charge in [-0.2, -0.15) is 0 Å². The first-order valence-electron chi connectivity index (χ1n) is 4.21. The van der Waals surface area contributed by atoms with Gasteiger partial charge in [0.05, 0.1) is 5.69 Å². The van der Waals surface area contributed by atoms with E-state index in [0.717, 1.165) is 36.4 Å². The molecule has 0 spiro atoms. The van der Waals surface area contributed by atoms with Crippen LogP contribution in [0.25, 0.3) is 0 Å². The summed E-state index contributed by atoms with van der Waals surface area (Å²) in [7, 11) is 0. The van der Waals surface area contributed by atoms with Gasteiger partial charge in [0, 0.05) is 30.9 Å². The monoisotopic (exact) mass is 183 g/mol. The lowest BCUT2D eigenvalue weighted by molar-refractivity contribution is 0.365. The Labute approximate surface area is 76.2 Å². The largest absolute Gasteiger partial charge is 0.361 e. The molecular formula is C8H13N3S. The van der Waals surface area contributed by atoms with Crippen LogP contribution in [0.4, 0.5) is 5.13 Å². The highest BCUT2D eigenvalue weighted by atomic mass is 32.1. The molecule has 0 unspecified atom stereocenters. The highest BCUT2D eigenvalue weighted by Crippen LogP contribution is 2.15. The second-order valence-corrected chi connectivity index (χ2v) is 4.06. The minimum absolute atomic E-state index is 0.800. The van der Waals surface area contributed by atoms with Gasteiger partial charge >= 0.3 is 0 Å². The van der Waals surface area contributed by atoms with E-state index in [2.05, 4.69) is 21.0 Å². The molecule has 1 fully saturated rings. The lowest BCUT2D eigenvalue weighted by Gasteiger charge is -2.26. The van der Waals surface area contributed by atoms with Crippen molar-refractivity contribution in [3.63, 3.8) is 0 Å². The normalized spacial score (nSPS) is 17.4. The van der Waals surface area contributed by atoms with E-state index in [1.807, 2.05) is 6.92 Å². The zero-order valence-electron chi connectivity index (χ0n) is 7.13. The highest BCUT2D eigenvalue weighted by Gasteiger charge is 2.16. The number of thiazole rings is 1. The van der Waals surface area contributed by atoms with E-state index in [1.165, 1.54) is 0 Å². The fraction of sp³-hybridized carbons (Fsp3) is 0.625. The van der Waals surface area contributed by atoms with E-state index in [1.54, 1.807) is 11.3 Å². The molecule has 66 valence electrons. The minimum atomic E-state index is 0.800. The van der Waals surface area contributed by atoms with E-state index in [0.29, 0.717) is 0 Å². The summed E-state index contributed by atoms with van der Waals surface area (Å²) in [4.78, 5) is 4.33. The molecule has 1 aliphatic rings. The molecule has 2 heterocycles. The molecule has 0 aliphatic carbocycles. The molecule has 3 nitrogen and oxygen atoms in total. The van der Waals surface area contributed by atoms with E-state index in [4.69, 9.17) is 0 Å². The summed E-state index contributed by atoms with van der Waals surface area (Å²) in [6, 6.07) is 0. The predicted octanol–water partition coefficient (Wildman–Crippen LogP) is 1.08. The lowest BCUT2D eigenvalue weighted by Crippen LogP contribution is -2.45. The van der Waals surface area contributed by atoms with Gasteiger partial charge in [0.15, 0.2) is 5.13 Å². The Morgan fingerprint density at radius 3 is 3.08 bits per heavy atom. The Morgan fingerprint density at radius 1 is 1.75 bits per heavy atom. The number of aromatic nitrogens is 1. The SMILES string of the molecule is Cc1csc(NCC2CNC2)n1. The minimum Gasteiger partial charge on any atom is -0.361 e. The number of aryl methyl sites for hydroxylation is 1. The number of hydrogen-bond donors (Lipinski definition) is 2. The fourth-order valence-corrected chi connectivity index (χ4v) is 1.86. The smallest absolute Gasteiger partial charge is 0.182 e. The van der Waals surface area contributed by atoms with Crippen molar-refractivity contribution in [1.29, 1.82) is 0 Å². The zero-order valence-corrected chi connectivity index (χ0v) is 7.95. The van der Waals surface area contributed by atoms with Crippen LogP contribution in [0.2, 0.25) is 0 Å². The van der Waals surface area contributed by atoms with E-state index >= 15 is 0 Å². The third-order valence-electron chi connectivity index (χ3n) is 2.03. The molecular weight excluding hydrogens is 170 g/mol. The number of nitrogens with one attached hydrogen (secondary N) is 2. The summed E-state index contributed by atoms with van der Waals surface area (Å²) in [5.41, 5.74) is 1.11. The first kappa shape index (κ1) is 8.01. The van der Waals surface area contributed by atoms with Gasteiger partial charge in [-0.05, 0) is 6.92 Å². The average molecular weight is 183 g/mol. The number of rotatable bonds is 3.